The summed E-state index contributed by atoms with van der Waals surface area (Å²) < 4.78 is 32.0. The summed E-state index contributed by atoms with van der Waals surface area (Å²) in [6.07, 6.45) is 3.85. The summed E-state index contributed by atoms with van der Waals surface area (Å²) in [6.45, 7) is 2.19. The number of methoxy groups -OCH3 is 1. The van der Waals surface area contributed by atoms with E-state index in [1.807, 2.05) is 0 Å². The highest BCUT2D eigenvalue weighted by Gasteiger charge is 2.24. The molecule has 0 heterocycles. The van der Waals surface area contributed by atoms with Gasteiger partial charge in [0.15, 0.2) is 0 Å². The molecule has 0 atom stereocenters. The molecule has 1 aromatic rings. The number of rotatable bonds is 4. The normalized spacial score (nSPS) is 22.8. The second-order valence-electron chi connectivity index (χ2n) is 5.59. The summed E-state index contributed by atoms with van der Waals surface area (Å²) >= 11 is 0. The zero-order chi connectivity index (χ0) is 15.5. The first kappa shape index (κ1) is 16.0. The first-order valence-electron chi connectivity index (χ1n) is 7.13. The monoisotopic (exact) mass is 311 g/mol. The standard InChI is InChI=1S/C15H21NO4S/c1-11-3-7-13(8-4-11)16-21(18,19)14-9-5-12(6-10-14)15(17)20-2/h5-6,9-11,13,16H,3-4,7-8H2,1-2H3. The summed E-state index contributed by atoms with van der Waals surface area (Å²) in [6, 6.07) is 5.79. The minimum absolute atomic E-state index is 0.00600. The third kappa shape index (κ3) is 4.04. The number of sulfonamides is 1. The summed E-state index contributed by atoms with van der Waals surface area (Å²) in [7, 11) is -2.24. The van der Waals surface area contributed by atoms with Gasteiger partial charge in [-0.15, -0.1) is 0 Å². The highest BCUT2D eigenvalue weighted by atomic mass is 32.2. The van der Waals surface area contributed by atoms with Gasteiger partial charge < -0.3 is 4.74 Å². The second-order valence-corrected chi connectivity index (χ2v) is 7.31. The van der Waals surface area contributed by atoms with Gasteiger partial charge in [-0.2, -0.15) is 0 Å². The number of nitrogens with one attached hydrogen (secondary N) is 1. The van der Waals surface area contributed by atoms with Crippen LogP contribution in [-0.4, -0.2) is 27.5 Å². The van der Waals surface area contributed by atoms with Crippen molar-refractivity contribution in [2.24, 2.45) is 5.92 Å². The van der Waals surface area contributed by atoms with Gasteiger partial charge in [-0.3, -0.25) is 0 Å². The minimum Gasteiger partial charge on any atom is -0.465 e. The van der Waals surface area contributed by atoms with Crippen molar-refractivity contribution in [2.75, 3.05) is 7.11 Å². The third-order valence-corrected chi connectivity index (χ3v) is 5.46. The van der Waals surface area contributed by atoms with Crippen LogP contribution in [0.2, 0.25) is 0 Å². The number of ether oxygens (including phenoxy) is 1. The van der Waals surface area contributed by atoms with Gasteiger partial charge in [0, 0.05) is 6.04 Å². The fourth-order valence-electron chi connectivity index (χ4n) is 2.55. The molecule has 0 aromatic heterocycles. The van der Waals surface area contributed by atoms with Gasteiger partial charge >= 0.3 is 5.97 Å². The van der Waals surface area contributed by atoms with E-state index in [0.29, 0.717) is 11.5 Å². The second kappa shape index (κ2) is 6.58. The zero-order valence-electron chi connectivity index (χ0n) is 12.3. The Morgan fingerprint density at radius 2 is 1.71 bits per heavy atom. The van der Waals surface area contributed by atoms with Gasteiger partial charge in [0.2, 0.25) is 10.0 Å². The van der Waals surface area contributed by atoms with Crippen LogP contribution in [0.1, 0.15) is 43.0 Å². The lowest BCUT2D eigenvalue weighted by Gasteiger charge is -2.26. The van der Waals surface area contributed by atoms with E-state index in [9.17, 15) is 13.2 Å². The summed E-state index contributed by atoms with van der Waals surface area (Å²) in [5.74, 6) is 0.193. The molecule has 2 rings (SSSR count). The lowest BCUT2D eigenvalue weighted by Crippen LogP contribution is -2.37. The predicted octanol–water partition coefficient (Wildman–Crippen LogP) is 2.33. The first-order valence-corrected chi connectivity index (χ1v) is 8.61. The van der Waals surface area contributed by atoms with E-state index >= 15 is 0 Å². The van der Waals surface area contributed by atoms with E-state index in [2.05, 4.69) is 16.4 Å². The fraction of sp³-hybridized carbons (Fsp3) is 0.533. The molecule has 21 heavy (non-hydrogen) atoms. The van der Waals surface area contributed by atoms with Gasteiger partial charge in [0.25, 0.3) is 0 Å². The Morgan fingerprint density at radius 1 is 1.14 bits per heavy atom. The van der Waals surface area contributed by atoms with E-state index in [4.69, 9.17) is 0 Å². The van der Waals surface area contributed by atoms with Crippen LogP contribution >= 0.6 is 0 Å². The van der Waals surface area contributed by atoms with Crippen LogP contribution in [0.3, 0.4) is 0 Å². The molecule has 1 N–H and O–H groups in total. The molecular weight excluding hydrogens is 290 g/mol. The predicted molar refractivity (Wildman–Crippen MR) is 79.5 cm³/mol. The van der Waals surface area contributed by atoms with Crippen molar-refractivity contribution in [3.05, 3.63) is 29.8 Å². The number of benzene rings is 1. The molecule has 0 radical (unpaired) electrons. The van der Waals surface area contributed by atoms with Crippen LogP contribution in [0, 0.1) is 5.92 Å². The van der Waals surface area contributed by atoms with Crippen molar-refractivity contribution >= 4 is 16.0 Å². The average molecular weight is 311 g/mol. The van der Waals surface area contributed by atoms with Crippen molar-refractivity contribution < 1.29 is 17.9 Å². The third-order valence-electron chi connectivity index (χ3n) is 3.92. The van der Waals surface area contributed by atoms with Gasteiger partial charge in [0.1, 0.15) is 0 Å². The number of carbonyl (C=O) groups excluding carboxylic acids is 1. The lowest BCUT2D eigenvalue weighted by atomic mass is 9.88. The van der Waals surface area contributed by atoms with Gasteiger partial charge in [-0.05, 0) is 55.9 Å². The summed E-state index contributed by atoms with van der Waals surface area (Å²) in [5, 5.41) is 0. The van der Waals surface area contributed by atoms with Crippen LogP contribution in [0.15, 0.2) is 29.2 Å². The summed E-state index contributed by atoms with van der Waals surface area (Å²) in [5.41, 5.74) is 0.336. The Bertz CT molecular complexity index is 587. The molecule has 1 saturated carbocycles. The average Bonchev–Trinajstić information content (AvgIpc) is 2.49. The maximum Gasteiger partial charge on any atom is 0.337 e. The van der Waals surface area contributed by atoms with Crippen LogP contribution < -0.4 is 4.72 Å². The first-order chi connectivity index (χ1) is 9.92. The molecule has 0 bridgehead atoms. The Balaban J connectivity index is 2.07. The zero-order valence-corrected chi connectivity index (χ0v) is 13.2. The number of esters is 1. The van der Waals surface area contributed by atoms with Crippen molar-refractivity contribution in [1.82, 2.24) is 4.72 Å². The molecule has 0 unspecified atom stereocenters. The van der Waals surface area contributed by atoms with E-state index < -0.39 is 16.0 Å². The molecule has 0 amide bonds. The van der Waals surface area contributed by atoms with Crippen LogP contribution in [0.5, 0.6) is 0 Å². The molecule has 5 nitrogen and oxygen atoms in total. The molecule has 1 aliphatic carbocycles. The van der Waals surface area contributed by atoms with Crippen molar-refractivity contribution in [2.45, 2.75) is 43.5 Å². The molecule has 0 saturated heterocycles. The Labute approximate surface area is 125 Å². The Kier molecular flexibility index (Phi) is 5.00. The maximum atomic E-state index is 12.3. The summed E-state index contributed by atoms with van der Waals surface area (Å²) in [4.78, 5) is 11.5. The number of hydrogen-bond acceptors (Lipinski definition) is 4. The molecule has 1 aromatic carbocycles. The maximum absolute atomic E-state index is 12.3. The molecule has 0 aliphatic heterocycles. The van der Waals surface area contributed by atoms with E-state index in [1.54, 1.807) is 0 Å². The van der Waals surface area contributed by atoms with Gasteiger partial charge in [0.05, 0.1) is 17.6 Å². The quantitative estimate of drug-likeness (QED) is 0.866. The molecule has 116 valence electrons. The van der Waals surface area contributed by atoms with E-state index in [1.165, 1.54) is 31.4 Å². The van der Waals surface area contributed by atoms with Crippen molar-refractivity contribution in [3.63, 3.8) is 0 Å². The van der Waals surface area contributed by atoms with Gasteiger partial charge in [-0.25, -0.2) is 17.9 Å². The number of carbonyl (C=O) groups is 1. The van der Waals surface area contributed by atoms with Crippen LogP contribution in [-0.2, 0) is 14.8 Å². The molecular formula is C15H21NO4S. The Hall–Kier alpha value is -1.40. The SMILES string of the molecule is COC(=O)c1ccc(S(=O)(=O)NC2CCC(C)CC2)cc1. The van der Waals surface area contributed by atoms with Gasteiger partial charge in [-0.1, -0.05) is 6.92 Å². The largest absolute Gasteiger partial charge is 0.465 e. The Morgan fingerprint density at radius 3 is 2.24 bits per heavy atom. The van der Waals surface area contributed by atoms with Crippen molar-refractivity contribution in [1.29, 1.82) is 0 Å². The smallest absolute Gasteiger partial charge is 0.337 e. The van der Waals surface area contributed by atoms with E-state index in [0.717, 1.165) is 25.7 Å². The molecule has 1 aliphatic rings. The minimum atomic E-state index is -3.53. The molecule has 1 fully saturated rings. The highest BCUT2D eigenvalue weighted by Crippen LogP contribution is 2.24. The van der Waals surface area contributed by atoms with Crippen LogP contribution in [0.4, 0.5) is 0 Å². The van der Waals surface area contributed by atoms with Crippen molar-refractivity contribution in [3.8, 4) is 0 Å². The van der Waals surface area contributed by atoms with E-state index in [-0.39, 0.29) is 10.9 Å². The van der Waals surface area contributed by atoms with Crippen LogP contribution in [0.25, 0.3) is 0 Å². The highest BCUT2D eigenvalue weighted by molar-refractivity contribution is 7.89. The number of hydrogen-bond donors (Lipinski definition) is 1. The topological polar surface area (TPSA) is 72.5 Å². The lowest BCUT2D eigenvalue weighted by molar-refractivity contribution is 0.0600. The molecule has 6 heteroatoms. The molecule has 0 spiro atoms. The fourth-order valence-corrected chi connectivity index (χ4v) is 3.86.